The molecule has 0 aromatic heterocycles. The third-order valence-electron chi connectivity index (χ3n) is 2.56. The van der Waals surface area contributed by atoms with Gasteiger partial charge in [0, 0.05) is 10.9 Å². The van der Waals surface area contributed by atoms with Crippen LogP contribution in [0.25, 0.3) is 0 Å². The van der Waals surface area contributed by atoms with E-state index < -0.39 is 12.2 Å². The number of hydrogen-bond acceptors (Lipinski definition) is 4. The van der Waals surface area contributed by atoms with Crippen molar-refractivity contribution >= 4 is 21.7 Å². The van der Waals surface area contributed by atoms with Crippen molar-refractivity contribution < 1.29 is 15.0 Å². The Morgan fingerprint density at radius 1 is 1.44 bits per heavy atom. The molecule has 0 bridgehead atoms. The quantitative estimate of drug-likeness (QED) is 0.621. The molecule has 2 atom stereocenters. The van der Waals surface area contributed by atoms with Crippen LogP contribution in [0.2, 0.25) is 0 Å². The van der Waals surface area contributed by atoms with Gasteiger partial charge in [-0.15, -0.1) is 0 Å². The zero-order valence-electron chi connectivity index (χ0n) is 9.71. The number of carbonyl (C=O) groups is 1. The molecular formula is C13H14BrNO3. The second kappa shape index (κ2) is 7.27. The van der Waals surface area contributed by atoms with E-state index >= 15 is 0 Å². The molecule has 2 N–H and O–H groups in total. The van der Waals surface area contributed by atoms with Gasteiger partial charge in [-0.05, 0) is 18.1 Å². The number of alkyl halides is 1. The number of rotatable bonds is 6. The maximum absolute atomic E-state index is 11.5. The summed E-state index contributed by atoms with van der Waals surface area (Å²) in [4.78, 5) is 11.5. The van der Waals surface area contributed by atoms with E-state index in [1.165, 1.54) is 6.07 Å². The van der Waals surface area contributed by atoms with Gasteiger partial charge in [0.25, 0.3) is 0 Å². The number of carbonyl (C=O) groups excluding carboxylic acids is 1. The Morgan fingerprint density at radius 3 is 2.78 bits per heavy atom. The molecule has 0 saturated carbocycles. The SMILES string of the molecule is N#CCC(=O)c1cccc(C(O)C(O)CCBr)c1. The van der Waals surface area contributed by atoms with Gasteiger partial charge in [-0.2, -0.15) is 5.26 Å². The monoisotopic (exact) mass is 311 g/mol. The molecule has 0 radical (unpaired) electrons. The summed E-state index contributed by atoms with van der Waals surface area (Å²) < 4.78 is 0. The average molecular weight is 312 g/mol. The molecule has 0 aliphatic rings. The Morgan fingerprint density at radius 2 is 2.17 bits per heavy atom. The molecule has 0 aliphatic carbocycles. The summed E-state index contributed by atoms with van der Waals surface area (Å²) in [6.07, 6.45) is -1.69. The molecule has 96 valence electrons. The predicted octanol–water partition coefficient (Wildman–Crippen LogP) is 1.96. The molecule has 1 rings (SSSR count). The first-order chi connectivity index (χ1) is 8.60. The molecule has 1 aromatic rings. The van der Waals surface area contributed by atoms with Crippen LogP contribution in [0.1, 0.15) is 34.9 Å². The minimum absolute atomic E-state index is 0.191. The summed E-state index contributed by atoms with van der Waals surface area (Å²) in [7, 11) is 0. The van der Waals surface area contributed by atoms with Crippen molar-refractivity contribution in [1.82, 2.24) is 0 Å². The van der Waals surface area contributed by atoms with E-state index in [1.54, 1.807) is 24.3 Å². The molecule has 4 nitrogen and oxygen atoms in total. The zero-order chi connectivity index (χ0) is 13.5. The summed E-state index contributed by atoms with van der Waals surface area (Å²) >= 11 is 3.19. The lowest BCUT2D eigenvalue weighted by molar-refractivity contribution is 0.0173. The third-order valence-corrected chi connectivity index (χ3v) is 3.02. The lowest BCUT2D eigenvalue weighted by atomic mass is 9.98. The normalized spacial score (nSPS) is 13.7. The van der Waals surface area contributed by atoms with Gasteiger partial charge in [0.1, 0.15) is 6.10 Å². The first kappa shape index (κ1) is 14.8. The lowest BCUT2D eigenvalue weighted by Crippen LogP contribution is -2.18. The highest BCUT2D eigenvalue weighted by Crippen LogP contribution is 2.21. The van der Waals surface area contributed by atoms with Crippen LogP contribution in [0.5, 0.6) is 0 Å². The van der Waals surface area contributed by atoms with Gasteiger partial charge >= 0.3 is 0 Å². The molecule has 0 fully saturated rings. The van der Waals surface area contributed by atoms with Crippen molar-refractivity contribution in [1.29, 1.82) is 5.26 Å². The van der Waals surface area contributed by atoms with E-state index in [4.69, 9.17) is 5.26 Å². The minimum Gasteiger partial charge on any atom is -0.390 e. The molecule has 0 spiro atoms. The molecule has 5 heteroatoms. The van der Waals surface area contributed by atoms with Gasteiger partial charge < -0.3 is 10.2 Å². The van der Waals surface area contributed by atoms with Gasteiger partial charge in [0.15, 0.2) is 5.78 Å². The van der Waals surface area contributed by atoms with E-state index in [2.05, 4.69) is 15.9 Å². The number of hydrogen-bond donors (Lipinski definition) is 2. The number of benzene rings is 1. The average Bonchev–Trinajstić information content (AvgIpc) is 2.38. The van der Waals surface area contributed by atoms with Gasteiger partial charge in [-0.25, -0.2) is 0 Å². The molecule has 0 saturated heterocycles. The Kier molecular flexibility index (Phi) is 5.99. The Labute approximate surface area is 114 Å². The minimum atomic E-state index is -1.03. The maximum Gasteiger partial charge on any atom is 0.176 e. The topological polar surface area (TPSA) is 81.3 Å². The maximum atomic E-state index is 11.5. The smallest absolute Gasteiger partial charge is 0.176 e. The van der Waals surface area contributed by atoms with Gasteiger partial charge in [-0.3, -0.25) is 4.79 Å². The number of halogens is 1. The van der Waals surface area contributed by atoms with Crippen LogP contribution in [0.3, 0.4) is 0 Å². The van der Waals surface area contributed by atoms with Crippen LogP contribution in [-0.2, 0) is 0 Å². The Hall–Kier alpha value is -1.22. The zero-order valence-corrected chi connectivity index (χ0v) is 11.3. The number of nitriles is 1. The summed E-state index contributed by atoms with van der Waals surface area (Å²) in [5, 5.41) is 28.6. The highest BCUT2D eigenvalue weighted by Gasteiger charge is 2.18. The van der Waals surface area contributed by atoms with Crippen molar-refractivity contribution in [3.63, 3.8) is 0 Å². The molecule has 1 aromatic carbocycles. The standard InChI is InChI=1S/C13H14BrNO3/c14-6-4-12(17)13(18)10-3-1-2-9(8-10)11(16)5-7-15/h1-3,8,12-13,17-18H,4-6H2. The van der Waals surface area contributed by atoms with Crippen LogP contribution < -0.4 is 0 Å². The number of nitrogens with zero attached hydrogens (tertiary/aromatic N) is 1. The van der Waals surface area contributed by atoms with Crippen molar-refractivity contribution in [2.75, 3.05) is 5.33 Å². The van der Waals surface area contributed by atoms with Crippen molar-refractivity contribution in [3.8, 4) is 6.07 Å². The van der Waals surface area contributed by atoms with Crippen LogP contribution in [-0.4, -0.2) is 27.4 Å². The van der Waals surface area contributed by atoms with E-state index in [-0.39, 0.29) is 12.2 Å². The first-order valence-corrected chi connectivity index (χ1v) is 6.64. The van der Waals surface area contributed by atoms with Crippen LogP contribution >= 0.6 is 15.9 Å². The molecule has 0 amide bonds. The number of ketones is 1. The first-order valence-electron chi connectivity index (χ1n) is 5.52. The Balaban J connectivity index is 2.88. The lowest BCUT2D eigenvalue weighted by Gasteiger charge is -2.17. The van der Waals surface area contributed by atoms with Crippen LogP contribution in [0.15, 0.2) is 24.3 Å². The molecule has 0 heterocycles. The second-order valence-electron chi connectivity index (χ2n) is 3.87. The molecule has 2 unspecified atom stereocenters. The fourth-order valence-corrected chi connectivity index (χ4v) is 2.03. The summed E-state index contributed by atoms with van der Waals surface area (Å²) in [5.41, 5.74) is 0.853. The highest BCUT2D eigenvalue weighted by atomic mass is 79.9. The van der Waals surface area contributed by atoms with E-state index in [9.17, 15) is 15.0 Å². The van der Waals surface area contributed by atoms with Crippen molar-refractivity contribution in [3.05, 3.63) is 35.4 Å². The second-order valence-corrected chi connectivity index (χ2v) is 4.67. The molecule has 0 aliphatic heterocycles. The fourth-order valence-electron chi connectivity index (χ4n) is 1.56. The van der Waals surface area contributed by atoms with Gasteiger partial charge in [-0.1, -0.05) is 34.1 Å². The predicted molar refractivity (Wildman–Crippen MR) is 70.4 cm³/mol. The summed E-state index contributed by atoms with van der Waals surface area (Å²) in [6, 6.07) is 8.17. The molecule has 18 heavy (non-hydrogen) atoms. The third kappa shape index (κ3) is 3.91. The van der Waals surface area contributed by atoms with Crippen molar-refractivity contribution in [2.24, 2.45) is 0 Å². The van der Waals surface area contributed by atoms with E-state index in [0.717, 1.165) is 0 Å². The van der Waals surface area contributed by atoms with Crippen molar-refractivity contribution in [2.45, 2.75) is 25.0 Å². The highest BCUT2D eigenvalue weighted by molar-refractivity contribution is 9.09. The summed E-state index contributed by atoms with van der Waals surface area (Å²) in [6.45, 7) is 0. The van der Waals surface area contributed by atoms with Gasteiger partial charge in [0.05, 0.1) is 18.6 Å². The van der Waals surface area contributed by atoms with Crippen LogP contribution in [0, 0.1) is 11.3 Å². The number of aliphatic hydroxyl groups is 2. The van der Waals surface area contributed by atoms with Gasteiger partial charge in [0.2, 0.25) is 0 Å². The number of aliphatic hydroxyl groups excluding tert-OH is 2. The summed E-state index contributed by atoms with van der Waals surface area (Å²) in [5.74, 6) is -0.290. The number of Topliss-reactive ketones (excluding diaryl/α,β-unsaturated/α-hetero) is 1. The molecular weight excluding hydrogens is 298 g/mol. The van der Waals surface area contributed by atoms with Crippen LogP contribution in [0.4, 0.5) is 0 Å². The Bertz CT molecular complexity index is 456. The van der Waals surface area contributed by atoms with E-state index in [1.807, 2.05) is 0 Å². The largest absolute Gasteiger partial charge is 0.390 e. The fraction of sp³-hybridized carbons (Fsp3) is 0.385. The van der Waals surface area contributed by atoms with E-state index in [0.29, 0.717) is 22.9 Å².